The van der Waals surface area contributed by atoms with Gasteiger partial charge < -0.3 is 10.6 Å². The van der Waals surface area contributed by atoms with Crippen molar-refractivity contribution in [3.8, 4) is 0 Å². The number of nitrogens with zero attached hydrogens (tertiary/aromatic N) is 2. The Balaban J connectivity index is 1.86. The Hall–Kier alpha value is -0.450. The molecule has 1 fully saturated rings. The van der Waals surface area contributed by atoms with Crippen LogP contribution in [0.15, 0.2) is 5.38 Å². The van der Waals surface area contributed by atoms with Crippen molar-refractivity contribution in [3.05, 3.63) is 16.1 Å². The first kappa shape index (κ1) is 13.0. The van der Waals surface area contributed by atoms with Crippen LogP contribution < -0.4 is 5.73 Å². The van der Waals surface area contributed by atoms with E-state index in [2.05, 4.69) is 22.2 Å². The van der Waals surface area contributed by atoms with Crippen molar-refractivity contribution < 1.29 is 0 Å². The zero-order valence-corrected chi connectivity index (χ0v) is 11.5. The Morgan fingerprint density at radius 1 is 1.41 bits per heavy atom. The molecule has 1 unspecified atom stereocenters. The molecule has 1 aliphatic rings. The standard InChI is InChI=1S/C13H23N3S/c1-11(9-16-7-3-2-4-8-16)13-15-12(5-6-14)10-17-13/h10-11H,2-9,14H2,1H3. The Kier molecular flexibility index (Phi) is 4.95. The van der Waals surface area contributed by atoms with Crippen LogP contribution >= 0.6 is 11.3 Å². The average Bonchev–Trinajstić information content (AvgIpc) is 2.79. The minimum Gasteiger partial charge on any atom is -0.330 e. The van der Waals surface area contributed by atoms with E-state index >= 15 is 0 Å². The van der Waals surface area contributed by atoms with E-state index in [4.69, 9.17) is 5.73 Å². The van der Waals surface area contributed by atoms with Crippen LogP contribution in [0, 0.1) is 0 Å². The van der Waals surface area contributed by atoms with Gasteiger partial charge in [0.15, 0.2) is 0 Å². The van der Waals surface area contributed by atoms with Crippen LogP contribution in [-0.2, 0) is 6.42 Å². The molecular formula is C13H23N3S. The summed E-state index contributed by atoms with van der Waals surface area (Å²) in [7, 11) is 0. The summed E-state index contributed by atoms with van der Waals surface area (Å²) in [5, 5.41) is 3.44. The van der Waals surface area contributed by atoms with Gasteiger partial charge >= 0.3 is 0 Å². The van der Waals surface area contributed by atoms with Crippen molar-refractivity contribution in [2.45, 2.75) is 38.5 Å². The third-order valence-corrected chi connectivity index (χ3v) is 4.50. The molecule has 17 heavy (non-hydrogen) atoms. The van der Waals surface area contributed by atoms with Crippen molar-refractivity contribution in [2.24, 2.45) is 5.73 Å². The molecule has 3 nitrogen and oxygen atoms in total. The fourth-order valence-electron chi connectivity index (χ4n) is 2.42. The molecule has 0 bridgehead atoms. The van der Waals surface area contributed by atoms with Gasteiger partial charge in [-0.2, -0.15) is 0 Å². The van der Waals surface area contributed by atoms with Gasteiger partial charge in [0, 0.05) is 24.3 Å². The van der Waals surface area contributed by atoms with Crippen molar-refractivity contribution in [1.82, 2.24) is 9.88 Å². The highest BCUT2D eigenvalue weighted by atomic mass is 32.1. The zero-order valence-electron chi connectivity index (χ0n) is 10.7. The smallest absolute Gasteiger partial charge is 0.0969 e. The summed E-state index contributed by atoms with van der Waals surface area (Å²) in [6.45, 7) is 6.69. The molecular weight excluding hydrogens is 230 g/mol. The normalized spacial score (nSPS) is 19.4. The fourth-order valence-corrected chi connectivity index (χ4v) is 3.32. The fraction of sp³-hybridized carbons (Fsp3) is 0.769. The molecule has 2 rings (SSSR count). The zero-order chi connectivity index (χ0) is 12.1. The molecule has 0 saturated carbocycles. The highest BCUT2D eigenvalue weighted by Crippen LogP contribution is 2.22. The second-order valence-corrected chi connectivity index (χ2v) is 5.87. The van der Waals surface area contributed by atoms with E-state index in [1.807, 2.05) is 0 Å². The summed E-state index contributed by atoms with van der Waals surface area (Å²) in [6.07, 6.45) is 5.04. The molecule has 1 aromatic heterocycles. The quantitative estimate of drug-likeness (QED) is 0.875. The van der Waals surface area contributed by atoms with Crippen molar-refractivity contribution in [3.63, 3.8) is 0 Å². The van der Waals surface area contributed by atoms with E-state index in [1.54, 1.807) is 11.3 Å². The van der Waals surface area contributed by atoms with Gasteiger partial charge in [-0.1, -0.05) is 13.3 Å². The van der Waals surface area contributed by atoms with E-state index in [1.165, 1.54) is 37.4 Å². The van der Waals surface area contributed by atoms with Gasteiger partial charge in [0.25, 0.3) is 0 Å². The lowest BCUT2D eigenvalue weighted by Gasteiger charge is -2.28. The van der Waals surface area contributed by atoms with Gasteiger partial charge in [0.05, 0.1) is 10.7 Å². The molecule has 2 N–H and O–H groups in total. The Morgan fingerprint density at radius 3 is 2.88 bits per heavy atom. The van der Waals surface area contributed by atoms with Crippen molar-refractivity contribution in [2.75, 3.05) is 26.2 Å². The highest BCUT2D eigenvalue weighted by Gasteiger charge is 2.16. The molecule has 0 radical (unpaired) electrons. The Bertz CT molecular complexity index is 331. The van der Waals surface area contributed by atoms with Crippen LogP contribution in [0.4, 0.5) is 0 Å². The molecule has 2 heterocycles. The second-order valence-electron chi connectivity index (χ2n) is 4.98. The third kappa shape index (κ3) is 3.76. The molecule has 1 saturated heterocycles. The second kappa shape index (κ2) is 6.47. The predicted octanol–water partition coefficient (Wildman–Crippen LogP) is 2.23. The topological polar surface area (TPSA) is 42.2 Å². The SMILES string of the molecule is CC(CN1CCCCC1)c1nc(CCN)cs1. The minimum atomic E-state index is 0.560. The summed E-state index contributed by atoms with van der Waals surface area (Å²) >= 11 is 1.79. The molecule has 96 valence electrons. The van der Waals surface area contributed by atoms with E-state index in [-0.39, 0.29) is 0 Å². The van der Waals surface area contributed by atoms with E-state index in [0.717, 1.165) is 18.7 Å². The number of aromatic nitrogens is 1. The average molecular weight is 253 g/mol. The van der Waals surface area contributed by atoms with Gasteiger partial charge in [-0.25, -0.2) is 4.98 Å². The maximum Gasteiger partial charge on any atom is 0.0969 e. The largest absolute Gasteiger partial charge is 0.330 e. The Morgan fingerprint density at radius 2 is 2.18 bits per heavy atom. The number of hydrogen-bond acceptors (Lipinski definition) is 4. The number of nitrogens with two attached hydrogens (primary N) is 1. The molecule has 0 amide bonds. The van der Waals surface area contributed by atoms with Gasteiger partial charge in [0.1, 0.15) is 0 Å². The van der Waals surface area contributed by atoms with Crippen LogP contribution in [0.25, 0.3) is 0 Å². The monoisotopic (exact) mass is 253 g/mol. The van der Waals surface area contributed by atoms with Gasteiger partial charge in [0.2, 0.25) is 0 Å². The molecule has 0 spiro atoms. The first-order valence-electron chi connectivity index (χ1n) is 6.66. The predicted molar refractivity (Wildman–Crippen MR) is 73.6 cm³/mol. The maximum atomic E-state index is 5.55. The molecule has 1 aliphatic heterocycles. The Labute approximate surface area is 108 Å². The van der Waals surface area contributed by atoms with Crippen LogP contribution in [0.3, 0.4) is 0 Å². The number of piperidine rings is 1. The lowest BCUT2D eigenvalue weighted by molar-refractivity contribution is 0.219. The number of thiazole rings is 1. The lowest BCUT2D eigenvalue weighted by Crippen LogP contribution is -2.32. The summed E-state index contributed by atoms with van der Waals surface area (Å²) < 4.78 is 0. The number of rotatable bonds is 5. The highest BCUT2D eigenvalue weighted by molar-refractivity contribution is 7.09. The van der Waals surface area contributed by atoms with Gasteiger partial charge in [-0.05, 0) is 32.5 Å². The lowest BCUT2D eigenvalue weighted by atomic mass is 10.1. The van der Waals surface area contributed by atoms with Crippen LogP contribution in [0.1, 0.15) is 42.8 Å². The van der Waals surface area contributed by atoms with Gasteiger partial charge in [-0.3, -0.25) is 0 Å². The van der Waals surface area contributed by atoms with Crippen molar-refractivity contribution >= 4 is 11.3 Å². The molecule has 1 aromatic rings. The summed E-state index contributed by atoms with van der Waals surface area (Å²) in [5.41, 5.74) is 6.72. The minimum absolute atomic E-state index is 0.560. The molecule has 0 aliphatic carbocycles. The summed E-state index contributed by atoms with van der Waals surface area (Å²) in [6, 6.07) is 0. The summed E-state index contributed by atoms with van der Waals surface area (Å²) in [4.78, 5) is 7.26. The first-order valence-corrected chi connectivity index (χ1v) is 7.54. The van der Waals surface area contributed by atoms with Crippen LogP contribution in [0.5, 0.6) is 0 Å². The number of likely N-dealkylation sites (tertiary alicyclic amines) is 1. The third-order valence-electron chi connectivity index (χ3n) is 3.37. The van der Waals surface area contributed by atoms with E-state index in [9.17, 15) is 0 Å². The molecule has 1 atom stereocenters. The van der Waals surface area contributed by atoms with Crippen molar-refractivity contribution in [1.29, 1.82) is 0 Å². The molecule has 4 heteroatoms. The maximum absolute atomic E-state index is 5.55. The number of hydrogen-bond donors (Lipinski definition) is 1. The molecule has 0 aromatic carbocycles. The van der Waals surface area contributed by atoms with E-state index < -0.39 is 0 Å². The van der Waals surface area contributed by atoms with Crippen LogP contribution in [-0.4, -0.2) is 36.1 Å². The van der Waals surface area contributed by atoms with E-state index in [0.29, 0.717) is 12.5 Å². The summed E-state index contributed by atoms with van der Waals surface area (Å²) in [5.74, 6) is 0.560. The van der Waals surface area contributed by atoms with Crippen LogP contribution in [0.2, 0.25) is 0 Å². The van der Waals surface area contributed by atoms with Gasteiger partial charge in [-0.15, -0.1) is 11.3 Å². The first-order chi connectivity index (χ1) is 8.29.